The van der Waals surface area contributed by atoms with Crippen LogP contribution in [0.25, 0.3) is 11.3 Å². The standard InChI is InChI=1S/C10H11N5/c11-9-13-10-12-8(6-15(10)14-9)7-4-2-1-3-5-7/h1-6,9,14H,11H2,(H,12,13). The molecular formula is C10H11N5. The highest BCUT2D eigenvalue weighted by molar-refractivity contribution is 5.61. The fourth-order valence-electron chi connectivity index (χ4n) is 1.65. The summed E-state index contributed by atoms with van der Waals surface area (Å²) < 4.78 is 1.80. The Bertz CT molecular complexity index is 452. The average Bonchev–Trinajstić information content (AvgIpc) is 2.76. The van der Waals surface area contributed by atoms with Crippen molar-refractivity contribution in [3.63, 3.8) is 0 Å². The second-order valence-electron chi connectivity index (χ2n) is 3.44. The minimum Gasteiger partial charge on any atom is -0.321 e. The van der Waals surface area contributed by atoms with Crippen LogP contribution in [0.4, 0.5) is 5.95 Å². The van der Waals surface area contributed by atoms with Crippen molar-refractivity contribution in [2.45, 2.75) is 6.29 Å². The zero-order valence-corrected chi connectivity index (χ0v) is 8.01. The van der Waals surface area contributed by atoms with Gasteiger partial charge in [0.05, 0.1) is 11.9 Å². The van der Waals surface area contributed by atoms with Gasteiger partial charge in [0.25, 0.3) is 0 Å². The highest BCUT2D eigenvalue weighted by Gasteiger charge is 2.18. The fraction of sp³-hybridized carbons (Fsp3) is 0.100. The quantitative estimate of drug-likeness (QED) is 0.637. The molecule has 1 aliphatic rings. The van der Waals surface area contributed by atoms with E-state index in [1.165, 1.54) is 0 Å². The maximum absolute atomic E-state index is 5.64. The van der Waals surface area contributed by atoms with Gasteiger partial charge in [0.15, 0.2) is 6.29 Å². The van der Waals surface area contributed by atoms with Gasteiger partial charge in [-0.1, -0.05) is 30.3 Å². The Labute approximate surface area is 86.9 Å². The van der Waals surface area contributed by atoms with Crippen molar-refractivity contribution in [3.8, 4) is 11.3 Å². The van der Waals surface area contributed by atoms with E-state index in [9.17, 15) is 0 Å². The Balaban J connectivity index is 2.00. The Hall–Kier alpha value is -2.01. The molecule has 2 heterocycles. The lowest BCUT2D eigenvalue weighted by molar-refractivity contribution is 0.807. The number of fused-ring (bicyclic) bond motifs is 1. The van der Waals surface area contributed by atoms with Gasteiger partial charge in [0.2, 0.25) is 5.95 Å². The van der Waals surface area contributed by atoms with E-state index in [0.29, 0.717) is 0 Å². The minimum absolute atomic E-state index is 0.252. The third kappa shape index (κ3) is 1.33. The van der Waals surface area contributed by atoms with Crippen LogP contribution in [0.2, 0.25) is 0 Å². The second kappa shape index (κ2) is 2.99. The van der Waals surface area contributed by atoms with E-state index in [2.05, 4.69) is 15.7 Å². The molecule has 0 saturated carbocycles. The number of benzene rings is 1. The summed E-state index contributed by atoms with van der Waals surface area (Å²) >= 11 is 0. The summed E-state index contributed by atoms with van der Waals surface area (Å²) in [5, 5.41) is 3.01. The van der Waals surface area contributed by atoms with Crippen molar-refractivity contribution in [1.29, 1.82) is 0 Å². The molecule has 0 spiro atoms. The molecule has 4 N–H and O–H groups in total. The number of imidazole rings is 1. The first-order chi connectivity index (χ1) is 7.33. The van der Waals surface area contributed by atoms with Crippen molar-refractivity contribution in [1.82, 2.24) is 9.66 Å². The van der Waals surface area contributed by atoms with E-state index in [4.69, 9.17) is 5.73 Å². The number of aromatic nitrogens is 2. The first kappa shape index (κ1) is 8.31. The van der Waals surface area contributed by atoms with Gasteiger partial charge in [0, 0.05) is 5.56 Å². The molecule has 0 aliphatic carbocycles. The zero-order chi connectivity index (χ0) is 10.3. The van der Waals surface area contributed by atoms with E-state index in [0.717, 1.165) is 17.2 Å². The summed E-state index contributed by atoms with van der Waals surface area (Å²) in [6.45, 7) is 0. The highest BCUT2D eigenvalue weighted by atomic mass is 15.6. The van der Waals surface area contributed by atoms with Crippen LogP contribution in [0, 0.1) is 0 Å². The van der Waals surface area contributed by atoms with Crippen LogP contribution in [-0.4, -0.2) is 15.9 Å². The first-order valence-electron chi connectivity index (χ1n) is 4.76. The summed E-state index contributed by atoms with van der Waals surface area (Å²) in [5.74, 6) is 0.751. The normalized spacial score (nSPS) is 18.1. The van der Waals surface area contributed by atoms with Crippen LogP contribution in [0.3, 0.4) is 0 Å². The fourth-order valence-corrected chi connectivity index (χ4v) is 1.65. The SMILES string of the molecule is NC1Nc2nc(-c3ccccc3)cn2N1. The number of hydrogen-bond donors (Lipinski definition) is 3. The zero-order valence-electron chi connectivity index (χ0n) is 8.01. The Morgan fingerprint density at radius 2 is 2.07 bits per heavy atom. The molecule has 1 unspecified atom stereocenters. The number of hydrogen-bond acceptors (Lipinski definition) is 4. The van der Waals surface area contributed by atoms with Crippen molar-refractivity contribution >= 4 is 5.95 Å². The molecule has 0 amide bonds. The lowest BCUT2D eigenvalue weighted by Crippen LogP contribution is -2.34. The average molecular weight is 201 g/mol. The lowest BCUT2D eigenvalue weighted by Gasteiger charge is -2.03. The number of nitrogens with one attached hydrogen (secondary N) is 2. The third-order valence-corrected chi connectivity index (χ3v) is 2.34. The molecule has 15 heavy (non-hydrogen) atoms. The monoisotopic (exact) mass is 201 g/mol. The molecule has 76 valence electrons. The van der Waals surface area contributed by atoms with Crippen molar-refractivity contribution in [2.75, 3.05) is 10.7 Å². The predicted molar refractivity (Wildman–Crippen MR) is 58.6 cm³/mol. The number of rotatable bonds is 1. The van der Waals surface area contributed by atoms with Gasteiger partial charge >= 0.3 is 0 Å². The molecule has 5 nitrogen and oxygen atoms in total. The molecule has 5 heteroatoms. The summed E-state index contributed by atoms with van der Waals surface area (Å²) in [5.41, 5.74) is 10.7. The largest absolute Gasteiger partial charge is 0.321 e. The van der Waals surface area contributed by atoms with E-state index in [-0.39, 0.29) is 6.29 Å². The topological polar surface area (TPSA) is 67.9 Å². The van der Waals surface area contributed by atoms with Gasteiger partial charge in [-0.2, -0.15) is 0 Å². The molecule has 0 fully saturated rings. The Kier molecular flexibility index (Phi) is 1.66. The summed E-state index contributed by atoms with van der Waals surface area (Å²) in [6, 6.07) is 10.0. The van der Waals surface area contributed by atoms with Crippen LogP contribution in [0.5, 0.6) is 0 Å². The smallest absolute Gasteiger partial charge is 0.225 e. The Morgan fingerprint density at radius 3 is 2.80 bits per heavy atom. The molecular weight excluding hydrogens is 190 g/mol. The maximum atomic E-state index is 5.64. The lowest BCUT2D eigenvalue weighted by atomic mass is 10.2. The third-order valence-electron chi connectivity index (χ3n) is 2.34. The first-order valence-corrected chi connectivity index (χ1v) is 4.76. The molecule has 1 aliphatic heterocycles. The van der Waals surface area contributed by atoms with E-state index < -0.39 is 0 Å². The molecule has 0 saturated heterocycles. The molecule has 2 aromatic rings. The molecule has 0 bridgehead atoms. The van der Waals surface area contributed by atoms with Crippen LogP contribution in [0.1, 0.15) is 0 Å². The van der Waals surface area contributed by atoms with Crippen molar-refractivity contribution < 1.29 is 0 Å². The Morgan fingerprint density at radius 1 is 1.27 bits per heavy atom. The molecule has 3 rings (SSSR count). The second-order valence-corrected chi connectivity index (χ2v) is 3.44. The van der Waals surface area contributed by atoms with E-state index >= 15 is 0 Å². The van der Waals surface area contributed by atoms with Gasteiger partial charge in [-0.15, -0.1) is 0 Å². The molecule has 0 radical (unpaired) electrons. The van der Waals surface area contributed by atoms with Crippen LogP contribution < -0.4 is 16.5 Å². The van der Waals surface area contributed by atoms with Gasteiger partial charge in [-0.25, -0.2) is 9.66 Å². The number of anilines is 1. The molecule has 1 aromatic carbocycles. The van der Waals surface area contributed by atoms with Gasteiger partial charge < -0.3 is 5.32 Å². The predicted octanol–water partition coefficient (Wildman–Crippen LogP) is 0.761. The van der Waals surface area contributed by atoms with E-state index in [1.807, 2.05) is 36.5 Å². The number of nitrogens with two attached hydrogens (primary N) is 1. The van der Waals surface area contributed by atoms with Crippen LogP contribution >= 0.6 is 0 Å². The van der Waals surface area contributed by atoms with Crippen molar-refractivity contribution in [3.05, 3.63) is 36.5 Å². The van der Waals surface area contributed by atoms with Gasteiger partial charge in [-0.3, -0.25) is 11.2 Å². The van der Waals surface area contributed by atoms with Crippen LogP contribution in [-0.2, 0) is 0 Å². The van der Waals surface area contributed by atoms with Crippen LogP contribution in [0.15, 0.2) is 36.5 Å². The van der Waals surface area contributed by atoms with E-state index in [1.54, 1.807) is 4.68 Å². The van der Waals surface area contributed by atoms with Gasteiger partial charge in [0.1, 0.15) is 0 Å². The highest BCUT2D eigenvalue weighted by Crippen LogP contribution is 2.21. The molecule has 1 atom stereocenters. The van der Waals surface area contributed by atoms with Gasteiger partial charge in [-0.05, 0) is 0 Å². The summed E-state index contributed by atoms with van der Waals surface area (Å²) in [6.07, 6.45) is 1.67. The summed E-state index contributed by atoms with van der Waals surface area (Å²) in [7, 11) is 0. The maximum Gasteiger partial charge on any atom is 0.225 e. The minimum atomic E-state index is -0.252. The van der Waals surface area contributed by atoms with Crippen molar-refractivity contribution in [2.24, 2.45) is 5.73 Å². The summed E-state index contributed by atoms with van der Waals surface area (Å²) in [4.78, 5) is 4.42. The number of nitrogens with zero attached hydrogens (tertiary/aromatic N) is 2. The molecule has 1 aromatic heterocycles.